The van der Waals surface area contributed by atoms with Gasteiger partial charge in [0.25, 0.3) is 0 Å². The quantitative estimate of drug-likeness (QED) is 0.766. The lowest BCUT2D eigenvalue weighted by Gasteiger charge is -2.25. The number of nitrogens with two attached hydrogens (primary N) is 1. The molecular weight excluding hydrogens is 196 g/mol. The molecule has 1 rings (SSSR count). The third-order valence-electron chi connectivity index (χ3n) is 2.54. The van der Waals surface area contributed by atoms with Crippen molar-refractivity contribution in [2.45, 2.75) is 26.3 Å². The molecule has 16 heavy (non-hydrogen) atoms. The Bertz CT molecular complexity index is 363. The van der Waals surface area contributed by atoms with Gasteiger partial charge in [-0.05, 0) is 25.0 Å². The zero-order chi connectivity index (χ0) is 12.0. The number of rotatable bonds is 5. The maximum atomic E-state index is 5.97. The molecule has 1 unspecified atom stereocenters. The van der Waals surface area contributed by atoms with Crippen molar-refractivity contribution in [3.63, 3.8) is 0 Å². The van der Waals surface area contributed by atoms with Crippen LogP contribution >= 0.6 is 0 Å². The van der Waals surface area contributed by atoms with Gasteiger partial charge in [-0.15, -0.1) is 6.42 Å². The number of hydrogen-bond acceptors (Lipinski definition) is 2. The SMILES string of the molecule is C#CCN(CCC)c1ccccc1C(C)N. The Labute approximate surface area is 98.4 Å². The molecule has 2 heteroatoms. The number of benzene rings is 1. The van der Waals surface area contributed by atoms with E-state index in [0.717, 1.165) is 24.2 Å². The smallest absolute Gasteiger partial charge is 0.0791 e. The number of nitrogens with zero attached hydrogens (tertiary/aromatic N) is 1. The third kappa shape index (κ3) is 3.01. The highest BCUT2D eigenvalue weighted by Gasteiger charge is 2.11. The molecule has 0 bridgehead atoms. The summed E-state index contributed by atoms with van der Waals surface area (Å²) in [5.41, 5.74) is 8.29. The third-order valence-corrected chi connectivity index (χ3v) is 2.54. The van der Waals surface area contributed by atoms with Gasteiger partial charge in [-0.3, -0.25) is 0 Å². The van der Waals surface area contributed by atoms with Gasteiger partial charge < -0.3 is 10.6 Å². The van der Waals surface area contributed by atoms with E-state index in [-0.39, 0.29) is 6.04 Å². The van der Waals surface area contributed by atoms with Gasteiger partial charge in [-0.1, -0.05) is 31.0 Å². The Morgan fingerprint density at radius 2 is 2.12 bits per heavy atom. The monoisotopic (exact) mass is 216 g/mol. The van der Waals surface area contributed by atoms with E-state index >= 15 is 0 Å². The summed E-state index contributed by atoms with van der Waals surface area (Å²) in [5.74, 6) is 2.70. The van der Waals surface area contributed by atoms with Crippen LogP contribution in [-0.4, -0.2) is 13.1 Å². The molecule has 0 saturated heterocycles. The summed E-state index contributed by atoms with van der Waals surface area (Å²) in [4.78, 5) is 2.21. The summed E-state index contributed by atoms with van der Waals surface area (Å²) in [5, 5.41) is 0. The molecule has 1 aromatic carbocycles. The minimum absolute atomic E-state index is 0.0355. The summed E-state index contributed by atoms with van der Waals surface area (Å²) in [6.45, 7) is 5.75. The highest BCUT2D eigenvalue weighted by molar-refractivity contribution is 5.55. The fourth-order valence-corrected chi connectivity index (χ4v) is 1.83. The van der Waals surface area contributed by atoms with Crippen molar-refractivity contribution >= 4 is 5.69 Å². The number of hydrogen-bond donors (Lipinski definition) is 1. The lowest BCUT2D eigenvalue weighted by molar-refractivity contribution is 0.778. The summed E-state index contributed by atoms with van der Waals surface area (Å²) < 4.78 is 0. The van der Waals surface area contributed by atoms with Crippen LogP contribution in [0, 0.1) is 12.3 Å². The normalized spacial score (nSPS) is 11.9. The topological polar surface area (TPSA) is 29.3 Å². The van der Waals surface area contributed by atoms with Crippen LogP contribution in [0.2, 0.25) is 0 Å². The second kappa shape index (κ2) is 6.19. The molecule has 0 amide bonds. The van der Waals surface area contributed by atoms with E-state index in [0.29, 0.717) is 6.54 Å². The van der Waals surface area contributed by atoms with Crippen LogP contribution in [0.1, 0.15) is 31.9 Å². The Kier molecular flexibility index (Phi) is 4.88. The first-order chi connectivity index (χ1) is 7.70. The fourth-order valence-electron chi connectivity index (χ4n) is 1.83. The van der Waals surface area contributed by atoms with E-state index in [1.54, 1.807) is 0 Å². The van der Waals surface area contributed by atoms with Crippen molar-refractivity contribution in [2.24, 2.45) is 5.73 Å². The molecule has 0 radical (unpaired) electrons. The summed E-state index contributed by atoms with van der Waals surface area (Å²) in [6, 6.07) is 8.24. The largest absolute Gasteiger partial charge is 0.360 e. The van der Waals surface area contributed by atoms with E-state index in [1.165, 1.54) is 0 Å². The molecule has 0 spiro atoms. The first-order valence-electron chi connectivity index (χ1n) is 5.73. The average Bonchev–Trinajstić information content (AvgIpc) is 2.29. The fraction of sp³-hybridized carbons (Fsp3) is 0.429. The molecule has 1 aromatic rings. The zero-order valence-electron chi connectivity index (χ0n) is 10.1. The molecule has 0 heterocycles. The lowest BCUT2D eigenvalue weighted by atomic mass is 10.1. The van der Waals surface area contributed by atoms with Crippen molar-refractivity contribution in [3.8, 4) is 12.3 Å². The van der Waals surface area contributed by atoms with E-state index < -0.39 is 0 Å². The molecule has 0 fully saturated rings. The second-order valence-electron chi connectivity index (χ2n) is 3.97. The summed E-state index contributed by atoms with van der Waals surface area (Å²) >= 11 is 0. The minimum atomic E-state index is 0.0355. The van der Waals surface area contributed by atoms with Crippen molar-refractivity contribution in [2.75, 3.05) is 18.0 Å². The van der Waals surface area contributed by atoms with Crippen LogP contribution < -0.4 is 10.6 Å². The van der Waals surface area contributed by atoms with Gasteiger partial charge in [-0.2, -0.15) is 0 Å². The Balaban J connectivity index is 3.03. The molecule has 2 N–H and O–H groups in total. The van der Waals surface area contributed by atoms with E-state index in [1.807, 2.05) is 19.1 Å². The number of terminal acetylenes is 1. The van der Waals surface area contributed by atoms with Crippen LogP contribution in [0.5, 0.6) is 0 Å². The van der Waals surface area contributed by atoms with Crippen molar-refractivity contribution in [3.05, 3.63) is 29.8 Å². The van der Waals surface area contributed by atoms with Crippen LogP contribution in [0.3, 0.4) is 0 Å². The van der Waals surface area contributed by atoms with Crippen molar-refractivity contribution < 1.29 is 0 Å². The van der Waals surface area contributed by atoms with Crippen LogP contribution in [0.25, 0.3) is 0 Å². The van der Waals surface area contributed by atoms with Crippen LogP contribution in [0.4, 0.5) is 5.69 Å². The molecule has 1 atom stereocenters. The maximum Gasteiger partial charge on any atom is 0.0791 e. The van der Waals surface area contributed by atoms with Gasteiger partial charge in [0.2, 0.25) is 0 Å². The van der Waals surface area contributed by atoms with Gasteiger partial charge in [0.1, 0.15) is 0 Å². The predicted molar refractivity (Wildman–Crippen MR) is 70.4 cm³/mol. The van der Waals surface area contributed by atoms with Crippen LogP contribution in [0.15, 0.2) is 24.3 Å². The summed E-state index contributed by atoms with van der Waals surface area (Å²) in [6.07, 6.45) is 6.48. The molecule has 0 aliphatic carbocycles. The highest BCUT2D eigenvalue weighted by Crippen LogP contribution is 2.24. The Morgan fingerprint density at radius 3 is 2.69 bits per heavy atom. The molecule has 86 valence electrons. The van der Waals surface area contributed by atoms with E-state index in [4.69, 9.17) is 12.2 Å². The average molecular weight is 216 g/mol. The standard InChI is InChI=1S/C14H20N2/c1-4-10-16(11-5-2)14-9-7-6-8-13(14)12(3)15/h1,6-9,12H,5,10-11,15H2,2-3H3. The maximum absolute atomic E-state index is 5.97. The molecule has 0 aromatic heterocycles. The van der Waals surface area contributed by atoms with Gasteiger partial charge in [-0.25, -0.2) is 0 Å². The van der Waals surface area contributed by atoms with Gasteiger partial charge in [0.15, 0.2) is 0 Å². The van der Waals surface area contributed by atoms with Crippen molar-refractivity contribution in [1.82, 2.24) is 0 Å². The van der Waals surface area contributed by atoms with E-state index in [2.05, 4.69) is 29.9 Å². The minimum Gasteiger partial charge on any atom is -0.360 e. The highest BCUT2D eigenvalue weighted by atomic mass is 15.1. The zero-order valence-corrected chi connectivity index (χ0v) is 10.1. The Morgan fingerprint density at radius 1 is 1.44 bits per heavy atom. The molecule has 2 nitrogen and oxygen atoms in total. The molecule has 0 saturated carbocycles. The van der Waals surface area contributed by atoms with Gasteiger partial charge in [0.05, 0.1) is 6.54 Å². The van der Waals surface area contributed by atoms with Crippen LogP contribution in [-0.2, 0) is 0 Å². The van der Waals surface area contributed by atoms with Gasteiger partial charge >= 0.3 is 0 Å². The Hall–Kier alpha value is -1.46. The number of para-hydroxylation sites is 1. The number of anilines is 1. The predicted octanol–water partition coefficient (Wildman–Crippen LogP) is 2.56. The molecule has 0 aliphatic rings. The lowest BCUT2D eigenvalue weighted by Crippen LogP contribution is -2.26. The summed E-state index contributed by atoms with van der Waals surface area (Å²) in [7, 11) is 0. The first kappa shape index (κ1) is 12.6. The first-order valence-corrected chi connectivity index (χ1v) is 5.73. The molecular formula is C14H20N2. The van der Waals surface area contributed by atoms with E-state index in [9.17, 15) is 0 Å². The van der Waals surface area contributed by atoms with Gasteiger partial charge in [0, 0.05) is 18.3 Å². The molecule has 0 aliphatic heterocycles. The van der Waals surface area contributed by atoms with Crippen molar-refractivity contribution in [1.29, 1.82) is 0 Å². The second-order valence-corrected chi connectivity index (χ2v) is 3.97.